The van der Waals surface area contributed by atoms with Crippen molar-refractivity contribution < 1.29 is 20.2 Å². The van der Waals surface area contributed by atoms with Crippen LogP contribution in [-0.4, -0.2) is 33.0 Å². The predicted octanol–water partition coefficient (Wildman–Crippen LogP) is 3.46. The Balaban J connectivity index is 2.38. The fourth-order valence-electron chi connectivity index (χ4n) is 4.75. The van der Waals surface area contributed by atoms with Crippen molar-refractivity contribution in [3.63, 3.8) is 0 Å². The number of aliphatic hydroxyl groups is 2. The van der Waals surface area contributed by atoms with Crippen molar-refractivity contribution in [3.8, 4) is 0 Å². The van der Waals surface area contributed by atoms with E-state index in [-0.39, 0.29) is 17.8 Å². The van der Waals surface area contributed by atoms with Gasteiger partial charge >= 0.3 is 0 Å². The van der Waals surface area contributed by atoms with Crippen LogP contribution >= 0.6 is 0 Å². The van der Waals surface area contributed by atoms with Crippen LogP contribution in [0.25, 0.3) is 0 Å². The first-order chi connectivity index (χ1) is 11.5. The molecule has 0 aromatic rings. The second kappa shape index (κ2) is 5.18. The number of rotatable bonds is 1. The number of Topliss-reactive ketones (excluding diaryl/α,β-unsaturated/α-hetero) is 1. The number of ketones is 1. The minimum Gasteiger partial charge on any atom is -0.504 e. The van der Waals surface area contributed by atoms with Gasteiger partial charge in [0.1, 0.15) is 0 Å². The number of carbonyl (C=O) groups excluding carboxylic acids is 1. The summed E-state index contributed by atoms with van der Waals surface area (Å²) in [6.45, 7) is 11.4. The maximum atomic E-state index is 13.0. The van der Waals surface area contributed by atoms with E-state index >= 15 is 0 Å². The van der Waals surface area contributed by atoms with E-state index in [0.717, 1.165) is 0 Å². The molecule has 0 aromatic heterocycles. The number of hydrogen-bond acceptors (Lipinski definition) is 5. The van der Waals surface area contributed by atoms with Crippen LogP contribution in [-0.2, 0) is 4.79 Å². The topological polar surface area (TPSA) is 90.1 Å². The Kier molecular flexibility index (Phi) is 3.66. The molecule has 134 valence electrons. The molecule has 0 amide bonds. The summed E-state index contributed by atoms with van der Waals surface area (Å²) in [5.74, 6) is -0.896. The first-order valence-electron chi connectivity index (χ1n) is 8.47. The zero-order valence-electron chi connectivity index (χ0n) is 15.1. The Morgan fingerprint density at radius 2 is 1.96 bits per heavy atom. The molecule has 3 atom stereocenters. The third kappa shape index (κ3) is 2.11. The van der Waals surface area contributed by atoms with Gasteiger partial charge in [-0.3, -0.25) is 4.79 Å². The lowest BCUT2D eigenvalue weighted by atomic mass is 9.53. The molecule has 3 rings (SSSR count). The monoisotopic (exact) mass is 343 g/mol. The fraction of sp³-hybridized carbons (Fsp3) is 0.500. The summed E-state index contributed by atoms with van der Waals surface area (Å²) in [7, 11) is 0. The zero-order chi connectivity index (χ0) is 18.8. The van der Waals surface area contributed by atoms with Crippen LogP contribution in [0.3, 0.4) is 0 Å². The molecule has 3 unspecified atom stereocenters. The first kappa shape index (κ1) is 17.7. The van der Waals surface area contributed by atoms with Gasteiger partial charge in [0, 0.05) is 28.4 Å². The predicted molar refractivity (Wildman–Crippen MR) is 95.5 cm³/mol. The Morgan fingerprint density at radius 3 is 2.52 bits per heavy atom. The lowest BCUT2D eigenvalue weighted by molar-refractivity contribution is -0.117. The summed E-state index contributed by atoms with van der Waals surface area (Å²) in [5, 5.41) is 34.8. The van der Waals surface area contributed by atoms with Crippen molar-refractivity contribution in [2.45, 2.75) is 46.6 Å². The molecule has 0 saturated heterocycles. The van der Waals surface area contributed by atoms with E-state index in [1.165, 1.54) is 0 Å². The number of oxime groups is 1. The van der Waals surface area contributed by atoms with Crippen molar-refractivity contribution in [1.82, 2.24) is 0 Å². The molecule has 3 N–H and O–H groups in total. The van der Waals surface area contributed by atoms with Gasteiger partial charge in [-0.15, -0.1) is 6.58 Å². The van der Waals surface area contributed by atoms with E-state index in [4.69, 9.17) is 0 Å². The van der Waals surface area contributed by atoms with E-state index in [9.17, 15) is 20.2 Å². The largest absolute Gasteiger partial charge is 0.504 e. The molecule has 0 bridgehead atoms. The lowest BCUT2D eigenvalue weighted by Gasteiger charge is -2.50. The average Bonchev–Trinajstić information content (AvgIpc) is 2.54. The highest BCUT2D eigenvalue weighted by Gasteiger charge is 2.56. The molecule has 0 saturated carbocycles. The number of allylic oxidation sites excluding steroid dienone is 5. The Hall–Kier alpha value is -2.14. The molecule has 3 aliphatic rings. The summed E-state index contributed by atoms with van der Waals surface area (Å²) in [5.41, 5.74) is -0.506. The number of carbonyl (C=O) groups is 1. The van der Waals surface area contributed by atoms with Crippen LogP contribution in [0.1, 0.15) is 40.5 Å². The second-order valence-corrected chi connectivity index (χ2v) is 8.37. The van der Waals surface area contributed by atoms with Crippen molar-refractivity contribution in [2.75, 3.05) is 0 Å². The van der Waals surface area contributed by atoms with Gasteiger partial charge in [-0.2, -0.15) is 0 Å². The molecular formula is C20H25NO4. The quantitative estimate of drug-likeness (QED) is 0.386. The van der Waals surface area contributed by atoms with Gasteiger partial charge in [-0.05, 0) is 24.3 Å². The van der Waals surface area contributed by atoms with Gasteiger partial charge < -0.3 is 15.4 Å². The van der Waals surface area contributed by atoms with E-state index in [2.05, 4.69) is 11.7 Å². The fourth-order valence-corrected chi connectivity index (χ4v) is 4.75. The molecule has 0 fully saturated rings. The van der Waals surface area contributed by atoms with Crippen molar-refractivity contribution in [1.29, 1.82) is 0 Å². The summed E-state index contributed by atoms with van der Waals surface area (Å²) in [6.07, 6.45) is 5.34. The first-order valence-corrected chi connectivity index (χ1v) is 8.47. The Morgan fingerprint density at radius 1 is 1.32 bits per heavy atom. The van der Waals surface area contributed by atoms with E-state index in [0.29, 0.717) is 23.3 Å². The van der Waals surface area contributed by atoms with E-state index < -0.39 is 28.1 Å². The van der Waals surface area contributed by atoms with Gasteiger partial charge in [-0.25, -0.2) is 0 Å². The van der Waals surface area contributed by atoms with Crippen LogP contribution in [0.2, 0.25) is 0 Å². The second-order valence-electron chi connectivity index (χ2n) is 8.37. The van der Waals surface area contributed by atoms with Gasteiger partial charge in [-0.1, -0.05) is 44.2 Å². The molecule has 0 aliphatic heterocycles. The Labute approximate surface area is 147 Å². The van der Waals surface area contributed by atoms with Crippen LogP contribution in [0.15, 0.2) is 52.4 Å². The minimum absolute atomic E-state index is 0.104. The van der Waals surface area contributed by atoms with Crippen LogP contribution in [0.5, 0.6) is 0 Å². The normalized spacial score (nSPS) is 38.7. The smallest absolute Gasteiger partial charge is 0.226 e. The highest BCUT2D eigenvalue weighted by atomic mass is 16.4. The highest BCUT2D eigenvalue weighted by molar-refractivity contribution is 6.19. The minimum atomic E-state index is -1.13. The standard InChI is InChI=1S/C20H25NO4/c1-6-19(4)10-11(21-25)13-12(17(19)24)14(22)15(23)16-18(2,3)8-7-9-20(13,16)5/h6-7,9,17,23-25H,1,8,10H2,2-5H3. The lowest BCUT2D eigenvalue weighted by Crippen LogP contribution is -2.50. The number of nitrogens with zero attached hydrogens (tertiary/aromatic N) is 1. The molecule has 0 radical (unpaired) electrons. The van der Waals surface area contributed by atoms with Gasteiger partial charge in [0.05, 0.1) is 11.8 Å². The van der Waals surface area contributed by atoms with Crippen molar-refractivity contribution in [3.05, 3.63) is 47.3 Å². The SMILES string of the molecule is C=CC1(C)CC(=NO)C2=C(C(=O)C(O)=C3C(C)(C)CC=CC23C)C1O. The Bertz CT molecular complexity index is 799. The van der Waals surface area contributed by atoms with Crippen LogP contribution in [0.4, 0.5) is 0 Å². The third-order valence-corrected chi connectivity index (χ3v) is 6.08. The zero-order valence-corrected chi connectivity index (χ0v) is 15.1. The summed E-state index contributed by atoms with van der Waals surface area (Å²) in [6, 6.07) is 0. The molecule has 0 aromatic carbocycles. The van der Waals surface area contributed by atoms with Gasteiger partial charge in [0.15, 0.2) is 5.76 Å². The van der Waals surface area contributed by atoms with Crippen LogP contribution < -0.4 is 0 Å². The molecule has 5 heteroatoms. The molecule has 0 heterocycles. The van der Waals surface area contributed by atoms with Gasteiger partial charge in [0.2, 0.25) is 5.78 Å². The molecule has 5 nitrogen and oxygen atoms in total. The molecular weight excluding hydrogens is 318 g/mol. The molecule has 3 aliphatic carbocycles. The molecule has 25 heavy (non-hydrogen) atoms. The molecule has 0 spiro atoms. The van der Waals surface area contributed by atoms with Crippen LogP contribution in [0, 0.1) is 16.2 Å². The van der Waals surface area contributed by atoms with E-state index in [1.54, 1.807) is 13.0 Å². The average molecular weight is 343 g/mol. The summed E-state index contributed by atoms with van der Waals surface area (Å²) in [4.78, 5) is 13.0. The highest BCUT2D eigenvalue weighted by Crippen LogP contribution is 2.58. The van der Waals surface area contributed by atoms with Gasteiger partial charge in [0.25, 0.3) is 0 Å². The number of hydrogen-bond donors (Lipinski definition) is 3. The van der Waals surface area contributed by atoms with Crippen molar-refractivity contribution in [2.24, 2.45) is 21.4 Å². The third-order valence-electron chi connectivity index (χ3n) is 6.08. The number of fused-ring (bicyclic) bond motifs is 2. The van der Waals surface area contributed by atoms with E-state index in [1.807, 2.05) is 32.9 Å². The summed E-state index contributed by atoms with van der Waals surface area (Å²) < 4.78 is 0. The number of aliphatic hydroxyl groups excluding tert-OH is 2. The van der Waals surface area contributed by atoms with Crippen molar-refractivity contribution >= 4 is 11.5 Å². The summed E-state index contributed by atoms with van der Waals surface area (Å²) >= 11 is 0. The maximum Gasteiger partial charge on any atom is 0.226 e. The maximum absolute atomic E-state index is 13.0.